The molecule has 134 valence electrons. The highest BCUT2D eigenvalue weighted by Gasteiger charge is 2.14. The Labute approximate surface area is 137 Å². The molecule has 0 amide bonds. The number of quaternary nitrogens is 1. The van der Waals surface area contributed by atoms with Gasteiger partial charge in [-0.2, -0.15) is 0 Å². The Bertz CT molecular complexity index is 355. The highest BCUT2D eigenvalue weighted by Crippen LogP contribution is 2.11. The maximum absolute atomic E-state index is 10.3. The van der Waals surface area contributed by atoms with Gasteiger partial charge in [-0.3, -0.25) is 4.18 Å². The van der Waals surface area contributed by atoms with E-state index in [0.29, 0.717) is 6.42 Å². The first kappa shape index (κ1) is 21.8. The predicted molar refractivity (Wildman–Crippen MR) is 89.3 cm³/mol. The summed E-state index contributed by atoms with van der Waals surface area (Å²) in [6.07, 6.45) is 12.5. The molecule has 0 aromatic rings. The standard InChI is InChI=1S/C16H35NO4S/c1-4-5-6-7-8-9-10-11-12-14-17(2,3)15-13-16-21-22(18,19)20/h4-16H2,1-3H3. The monoisotopic (exact) mass is 337 g/mol. The molecule has 6 heteroatoms. The van der Waals surface area contributed by atoms with E-state index in [-0.39, 0.29) is 6.61 Å². The lowest BCUT2D eigenvalue weighted by Crippen LogP contribution is -2.41. The van der Waals surface area contributed by atoms with E-state index in [4.69, 9.17) is 0 Å². The third-order valence-electron chi connectivity index (χ3n) is 4.00. The molecule has 0 fully saturated rings. The second-order valence-corrected chi connectivity index (χ2v) is 7.85. The maximum Gasteiger partial charge on any atom is 0.217 e. The molecule has 22 heavy (non-hydrogen) atoms. The van der Waals surface area contributed by atoms with Crippen LogP contribution in [0, 0.1) is 0 Å². The Morgan fingerprint density at radius 1 is 0.818 bits per heavy atom. The number of hydrogen-bond donors (Lipinski definition) is 0. The summed E-state index contributed by atoms with van der Waals surface area (Å²) in [7, 11) is -0.264. The summed E-state index contributed by atoms with van der Waals surface area (Å²) in [4.78, 5) is 0. The van der Waals surface area contributed by atoms with E-state index in [9.17, 15) is 13.0 Å². The van der Waals surface area contributed by atoms with Crippen LogP contribution in [0.4, 0.5) is 0 Å². The van der Waals surface area contributed by atoms with Gasteiger partial charge >= 0.3 is 0 Å². The van der Waals surface area contributed by atoms with Crippen molar-refractivity contribution in [1.29, 1.82) is 0 Å². The van der Waals surface area contributed by atoms with Gasteiger partial charge in [-0.15, -0.1) is 0 Å². The Morgan fingerprint density at radius 3 is 1.77 bits per heavy atom. The van der Waals surface area contributed by atoms with Crippen molar-refractivity contribution in [1.82, 2.24) is 0 Å². The molecule has 0 aliphatic heterocycles. The lowest BCUT2D eigenvalue weighted by Gasteiger charge is -2.30. The van der Waals surface area contributed by atoms with Crippen molar-refractivity contribution in [2.24, 2.45) is 0 Å². The minimum Gasteiger partial charge on any atom is -0.726 e. The average Bonchev–Trinajstić information content (AvgIpc) is 2.41. The topological polar surface area (TPSA) is 66.4 Å². The first-order valence-electron chi connectivity index (χ1n) is 8.69. The van der Waals surface area contributed by atoms with Gasteiger partial charge in [0, 0.05) is 6.42 Å². The van der Waals surface area contributed by atoms with Gasteiger partial charge in [0.15, 0.2) is 0 Å². The molecule has 0 N–H and O–H groups in total. The van der Waals surface area contributed by atoms with Crippen LogP contribution in [0.5, 0.6) is 0 Å². The summed E-state index contributed by atoms with van der Waals surface area (Å²) >= 11 is 0. The average molecular weight is 338 g/mol. The summed E-state index contributed by atoms with van der Waals surface area (Å²) in [5, 5.41) is 0. The molecule has 0 rings (SSSR count). The zero-order valence-corrected chi connectivity index (χ0v) is 15.5. The highest BCUT2D eigenvalue weighted by atomic mass is 32.3. The second kappa shape index (κ2) is 12.3. The molecule has 0 unspecified atom stereocenters. The van der Waals surface area contributed by atoms with Crippen LogP contribution in [0.1, 0.15) is 71.1 Å². The van der Waals surface area contributed by atoms with Crippen LogP contribution in [0.2, 0.25) is 0 Å². The van der Waals surface area contributed by atoms with Gasteiger partial charge in [-0.05, 0) is 12.8 Å². The molecule has 0 heterocycles. The molecule has 0 aromatic heterocycles. The zero-order chi connectivity index (χ0) is 16.9. The van der Waals surface area contributed by atoms with Crippen molar-refractivity contribution in [3.63, 3.8) is 0 Å². The van der Waals surface area contributed by atoms with Crippen molar-refractivity contribution in [3.8, 4) is 0 Å². The summed E-state index contributed by atoms with van der Waals surface area (Å²) in [5.74, 6) is 0. The molecule has 0 spiro atoms. The molecular weight excluding hydrogens is 302 g/mol. The lowest BCUT2D eigenvalue weighted by molar-refractivity contribution is -0.890. The van der Waals surface area contributed by atoms with Crippen molar-refractivity contribution in [3.05, 3.63) is 0 Å². The largest absolute Gasteiger partial charge is 0.726 e. The third kappa shape index (κ3) is 16.2. The van der Waals surface area contributed by atoms with E-state index in [1.165, 1.54) is 57.8 Å². The smallest absolute Gasteiger partial charge is 0.217 e. The van der Waals surface area contributed by atoms with Crippen molar-refractivity contribution < 1.29 is 21.6 Å². The molecule has 0 aliphatic rings. The fraction of sp³-hybridized carbons (Fsp3) is 1.00. The van der Waals surface area contributed by atoms with Gasteiger partial charge in [0.1, 0.15) is 0 Å². The second-order valence-electron chi connectivity index (χ2n) is 6.80. The molecule has 0 aliphatic carbocycles. The summed E-state index contributed by atoms with van der Waals surface area (Å²) < 4.78 is 36.1. The third-order valence-corrected chi connectivity index (χ3v) is 4.46. The number of rotatable bonds is 15. The van der Waals surface area contributed by atoms with Gasteiger partial charge in [0.05, 0.1) is 33.8 Å². The molecule has 0 radical (unpaired) electrons. The fourth-order valence-corrected chi connectivity index (χ4v) is 2.94. The minimum atomic E-state index is -4.53. The normalized spacial score (nSPS) is 12.7. The van der Waals surface area contributed by atoms with E-state index < -0.39 is 10.4 Å². The van der Waals surface area contributed by atoms with E-state index in [0.717, 1.165) is 17.6 Å². The van der Waals surface area contributed by atoms with Crippen LogP contribution in [0.3, 0.4) is 0 Å². The fourth-order valence-electron chi connectivity index (χ4n) is 2.62. The Morgan fingerprint density at radius 2 is 1.27 bits per heavy atom. The van der Waals surface area contributed by atoms with Crippen LogP contribution >= 0.6 is 0 Å². The molecule has 5 nitrogen and oxygen atoms in total. The summed E-state index contributed by atoms with van der Waals surface area (Å²) in [5.41, 5.74) is 0. The van der Waals surface area contributed by atoms with Crippen molar-refractivity contribution in [2.75, 3.05) is 33.8 Å². The predicted octanol–water partition coefficient (Wildman–Crippen LogP) is 3.46. The van der Waals surface area contributed by atoms with Gasteiger partial charge in [0.25, 0.3) is 0 Å². The molecule has 0 saturated heterocycles. The summed E-state index contributed by atoms with van der Waals surface area (Å²) in [6, 6.07) is 0. The lowest BCUT2D eigenvalue weighted by atomic mass is 10.1. The minimum absolute atomic E-state index is 0.00866. The quantitative estimate of drug-likeness (QED) is 0.199. The SMILES string of the molecule is CCCCCCCCCCC[N+](C)(C)CCCOS(=O)(=O)[O-]. The van der Waals surface area contributed by atoms with Crippen LogP contribution in [-0.4, -0.2) is 51.2 Å². The summed E-state index contributed by atoms with van der Waals surface area (Å²) in [6.45, 7) is 4.14. The van der Waals surface area contributed by atoms with E-state index in [2.05, 4.69) is 25.2 Å². The van der Waals surface area contributed by atoms with Crippen molar-refractivity contribution >= 4 is 10.4 Å². The number of hydrogen-bond acceptors (Lipinski definition) is 4. The number of nitrogens with zero attached hydrogens (tertiary/aromatic N) is 1. The van der Waals surface area contributed by atoms with Crippen LogP contribution in [-0.2, 0) is 14.6 Å². The Balaban J connectivity index is 3.47. The molecular formula is C16H35NO4S. The van der Waals surface area contributed by atoms with Crippen LogP contribution in [0.15, 0.2) is 0 Å². The van der Waals surface area contributed by atoms with Crippen LogP contribution in [0.25, 0.3) is 0 Å². The van der Waals surface area contributed by atoms with Gasteiger partial charge in [-0.1, -0.05) is 51.9 Å². The molecule has 0 bridgehead atoms. The van der Waals surface area contributed by atoms with E-state index in [1.54, 1.807) is 0 Å². The molecule has 0 aromatic carbocycles. The Kier molecular flexibility index (Phi) is 12.2. The maximum atomic E-state index is 10.3. The first-order valence-corrected chi connectivity index (χ1v) is 10.0. The van der Waals surface area contributed by atoms with Gasteiger partial charge < -0.3 is 9.04 Å². The first-order chi connectivity index (χ1) is 10.3. The highest BCUT2D eigenvalue weighted by molar-refractivity contribution is 7.80. The zero-order valence-electron chi connectivity index (χ0n) is 14.7. The van der Waals surface area contributed by atoms with E-state index in [1.807, 2.05) is 0 Å². The van der Waals surface area contributed by atoms with Crippen molar-refractivity contribution in [2.45, 2.75) is 71.1 Å². The van der Waals surface area contributed by atoms with Gasteiger partial charge in [0.2, 0.25) is 10.4 Å². The Hall–Kier alpha value is -0.170. The molecule has 0 atom stereocenters. The molecule has 0 saturated carbocycles. The van der Waals surface area contributed by atoms with Crippen LogP contribution < -0.4 is 0 Å². The van der Waals surface area contributed by atoms with Gasteiger partial charge in [-0.25, -0.2) is 8.42 Å². The van der Waals surface area contributed by atoms with E-state index >= 15 is 0 Å². The number of unbranched alkanes of at least 4 members (excludes halogenated alkanes) is 8.